The molecule has 0 saturated heterocycles. The van der Waals surface area contributed by atoms with E-state index in [9.17, 15) is 9.18 Å². The highest BCUT2D eigenvalue weighted by Gasteiger charge is 2.34. The Morgan fingerprint density at radius 2 is 1.97 bits per heavy atom. The molecule has 0 fully saturated rings. The normalized spacial score (nSPS) is 17.2. The summed E-state index contributed by atoms with van der Waals surface area (Å²) in [5, 5.41) is 6.28. The van der Waals surface area contributed by atoms with Crippen molar-refractivity contribution < 1.29 is 13.9 Å². The molecule has 4 rings (SSSR count). The molecule has 2 aliphatic rings. The first-order chi connectivity index (χ1) is 14.2. The van der Waals surface area contributed by atoms with Crippen LogP contribution >= 0.6 is 0 Å². The second-order valence-electron chi connectivity index (χ2n) is 6.77. The summed E-state index contributed by atoms with van der Waals surface area (Å²) in [6, 6.07) is 14.0. The maximum atomic E-state index is 13.3. The molecule has 1 unspecified atom stereocenters. The molecule has 0 aliphatic carbocycles. The van der Waals surface area contributed by atoms with E-state index in [4.69, 9.17) is 4.74 Å². The van der Waals surface area contributed by atoms with Crippen LogP contribution in [0.5, 0.6) is 5.75 Å². The maximum absolute atomic E-state index is 13.3. The number of ether oxygens (including phenoxy) is 1. The number of fused-ring (bicyclic) bond motifs is 1. The van der Waals surface area contributed by atoms with Gasteiger partial charge in [0, 0.05) is 12.7 Å². The number of allylic oxidation sites excluding steroid dienone is 3. The first-order valence-corrected chi connectivity index (χ1v) is 9.47. The van der Waals surface area contributed by atoms with Crippen molar-refractivity contribution in [3.05, 3.63) is 95.6 Å². The Balaban J connectivity index is 1.45. The molecule has 2 aliphatic heterocycles. The molecule has 1 atom stereocenters. The highest BCUT2D eigenvalue weighted by Crippen LogP contribution is 2.30. The van der Waals surface area contributed by atoms with Gasteiger partial charge in [0.1, 0.15) is 11.6 Å². The van der Waals surface area contributed by atoms with Gasteiger partial charge in [-0.1, -0.05) is 24.3 Å². The number of carbonyl (C=O) groups excluding carboxylic acids is 1. The van der Waals surface area contributed by atoms with Gasteiger partial charge in [0.05, 0.1) is 18.5 Å². The number of hydrogen-bond acceptors (Lipinski definition) is 4. The van der Waals surface area contributed by atoms with Crippen molar-refractivity contribution in [1.29, 1.82) is 0 Å². The van der Waals surface area contributed by atoms with Crippen LogP contribution in [0.15, 0.2) is 78.7 Å². The summed E-state index contributed by atoms with van der Waals surface area (Å²) in [5.74, 6) is 0.390. The molecule has 6 heteroatoms. The summed E-state index contributed by atoms with van der Waals surface area (Å²) in [5.41, 5.74) is 3.55. The van der Waals surface area contributed by atoms with Gasteiger partial charge < -0.3 is 20.3 Å². The van der Waals surface area contributed by atoms with E-state index < -0.39 is 6.17 Å². The summed E-state index contributed by atoms with van der Waals surface area (Å²) in [6.45, 7) is 0.492. The highest BCUT2D eigenvalue weighted by atomic mass is 19.1. The first-order valence-electron chi connectivity index (χ1n) is 9.47. The van der Waals surface area contributed by atoms with Crippen molar-refractivity contribution in [3.63, 3.8) is 0 Å². The second-order valence-corrected chi connectivity index (χ2v) is 6.77. The smallest absolute Gasteiger partial charge is 0.263 e. The Morgan fingerprint density at radius 3 is 2.76 bits per heavy atom. The quantitative estimate of drug-likeness (QED) is 0.794. The van der Waals surface area contributed by atoms with Gasteiger partial charge in [0.25, 0.3) is 5.91 Å². The average molecular weight is 391 g/mol. The van der Waals surface area contributed by atoms with Crippen molar-refractivity contribution in [3.8, 4) is 5.75 Å². The largest absolute Gasteiger partial charge is 0.496 e. The minimum Gasteiger partial charge on any atom is -0.496 e. The molecule has 0 aromatic heterocycles. The number of amides is 1. The zero-order valence-corrected chi connectivity index (χ0v) is 16.1. The number of methoxy groups -OCH3 is 1. The van der Waals surface area contributed by atoms with Crippen molar-refractivity contribution >= 4 is 11.6 Å². The summed E-state index contributed by atoms with van der Waals surface area (Å²) in [6.07, 6.45) is 7.71. The molecule has 2 aromatic carbocycles. The van der Waals surface area contributed by atoms with Crippen LogP contribution in [0.25, 0.3) is 5.70 Å². The number of para-hydroxylation sites is 1. The van der Waals surface area contributed by atoms with E-state index in [1.54, 1.807) is 19.2 Å². The molecular formula is C23H22FN3O2. The molecule has 0 spiro atoms. The molecule has 5 nitrogen and oxygen atoms in total. The number of benzene rings is 2. The van der Waals surface area contributed by atoms with Gasteiger partial charge in [-0.05, 0) is 60.0 Å². The van der Waals surface area contributed by atoms with E-state index in [2.05, 4.69) is 10.6 Å². The van der Waals surface area contributed by atoms with Crippen LogP contribution in [-0.4, -0.2) is 30.6 Å². The van der Waals surface area contributed by atoms with Gasteiger partial charge in [0.2, 0.25) is 0 Å². The van der Waals surface area contributed by atoms with E-state index in [1.807, 2.05) is 53.6 Å². The molecule has 2 heterocycles. The van der Waals surface area contributed by atoms with Crippen LogP contribution in [0.4, 0.5) is 4.39 Å². The van der Waals surface area contributed by atoms with Crippen LogP contribution < -0.4 is 15.4 Å². The predicted octanol–water partition coefficient (Wildman–Crippen LogP) is 3.18. The van der Waals surface area contributed by atoms with E-state index in [-0.39, 0.29) is 11.7 Å². The molecule has 1 amide bonds. The summed E-state index contributed by atoms with van der Waals surface area (Å²) >= 11 is 0. The predicted molar refractivity (Wildman–Crippen MR) is 110 cm³/mol. The molecule has 0 saturated carbocycles. The topological polar surface area (TPSA) is 53.6 Å². The third-order valence-electron chi connectivity index (χ3n) is 4.97. The van der Waals surface area contributed by atoms with E-state index in [1.165, 1.54) is 12.1 Å². The van der Waals surface area contributed by atoms with E-state index >= 15 is 0 Å². The first kappa shape index (κ1) is 18.8. The number of hydrogen-bond donors (Lipinski definition) is 2. The zero-order chi connectivity index (χ0) is 20.2. The standard InChI is InChI=1S/C23H22FN3O2/c1-29-20-8-3-2-6-16(20)13-14-25-23(28)22-26-21(17-9-11-18(24)12-10-17)19-7-4-5-15-27(19)22/h2-12,15,22,26H,13-14H2,1H3,(H,25,28). The molecule has 0 bridgehead atoms. The van der Waals surface area contributed by atoms with Crippen LogP contribution in [0.2, 0.25) is 0 Å². The number of carbonyl (C=O) groups is 1. The Hall–Kier alpha value is -3.54. The minimum absolute atomic E-state index is 0.130. The summed E-state index contributed by atoms with van der Waals surface area (Å²) < 4.78 is 18.7. The third kappa shape index (κ3) is 3.87. The van der Waals surface area contributed by atoms with E-state index in [0.29, 0.717) is 13.0 Å². The fourth-order valence-electron chi connectivity index (χ4n) is 3.54. The van der Waals surface area contributed by atoms with Crippen LogP contribution in [0, 0.1) is 5.82 Å². The van der Waals surface area contributed by atoms with Crippen LogP contribution in [0.3, 0.4) is 0 Å². The number of rotatable bonds is 6. The van der Waals surface area contributed by atoms with Gasteiger partial charge in [-0.2, -0.15) is 0 Å². The highest BCUT2D eigenvalue weighted by molar-refractivity contribution is 5.87. The van der Waals surface area contributed by atoms with Gasteiger partial charge in [-0.15, -0.1) is 0 Å². The fourth-order valence-corrected chi connectivity index (χ4v) is 3.54. The summed E-state index contributed by atoms with van der Waals surface area (Å²) in [4.78, 5) is 14.8. The number of nitrogens with one attached hydrogen (secondary N) is 2. The molecule has 2 N–H and O–H groups in total. The third-order valence-corrected chi connectivity index (χ3v) is 4.97. The van der Waals surface area contributed by atoms with Crippen molar-refractivity contribution in [1.82, 2.24) is 15.5 Å². The molecule has 148 valence electrons. The van der Waals surface area contributed by atoms with Crippen molar-refractivity contribution in [2.24, 2.45) is 0 Å². The second kappa shape index (κ2) is 8.22. The summed E-state index contributed by atoms with van der Waals surface area (Å²) in [7, 11) is 1.64. The fraction of sp³-hybridized carbons (Fsp3) is 0.174. The molecule has 0 radical (unpaired) electrons. The van der Waals surface area contributed by atoms with Crippen molar-refractivity contribution in [2.45, 2.75) is 12.6 Å². The lowest BCUT2D eigenvalue weighted by molar-refractivity contribution is -0.125. The Kier molecular flexibility index (Phi) is 5.33. The lowest BCUT2D eigenvalue weighted by Crippen LogP contribution is -2.48. The average Bonchev–Trinajstić information content (AvgIpc) is 3.14. The van der Waals surface area contributed by atoms with Gasteiger partial charge in [-0.25, -0.2) is 4.39 Å². The Bertz CT molecular complexity index is 995. The Labute approximate surface area is 169 Å². The maximum Gasteiger partial charge on any atom is 0.263 e. The zero-order valence-electron chi connectivity index (χ0n) is 16.1. The molecular weight excluding hydrogens is 369 g/mol. The van der Waals surface area contributed by atoms with Gasteiger partial charge in [-0.3, -0.25) is 4.79 Å². The lowest BCUT2D eigenvalue weighted by Gasteiger charge is -2.25. The van der Waals surface area contributed by atoms with Crippen LogP contribution in [0.1, 0.15) is 11.1 Å². The molecule has 2 aromatic rings. The van der Waals surface area contributed by atoms with Gasteiger partial charge >= 0.3 is 0 Å². The van der Waals surface area contributed by atoms with E-state index in [0.717, 1.165) is 28.3 Å². The lowest BCUT2D eigenvalue weighted by atomic mass is 10.1. The SMILES string of the molecule is COc1ccccc1CCNC(=O)C1NC(c2ccc(F)cc2)=C2C=CC=CN21. The minimum atomic E-state index is -0.566. The van der Waals surface area contributed by atoms with Gasteiger partial charge in [0.15, 0.2) is 6.17 Å². The Morgan fingerprint density at radius 1 is 1.17 bits per heavy atom. The monoisotopic (exact) mass is 391 g/mol. The van der Waals surface area contributed by atoms with Crippen molar-refractivity contribution in [2.75, 3.05) is 13.7 Å². The number of nitrogens with zero attached hydrogens (tertiary/aromatic N) is 1. The van der Waals surface area contributed by atoms with Crippen LogP contribution in [-0.2, 0) is 11.2 Å². The number of halogens is 1. The molecule has 29 heavy (non-hydrogen) atoms.